The third-order valence-corrected chi connectivity index (χ3v) is 5.38. The van der Waals surface area contributed by atoms with E-state index in [9.17, 15) is 4.79 Å². The summed E-state index contributed by atoms with van der Waals surface area (Å²) in [5.41, 5.74) is 7.95. The zero-order valence-corrected chi connectivity index (χ0v) is 17.1. The second kappa shape index (κ2) is 7.57. The Morgan fingerprint density at radius 3 is 2.37 bits per heavy atom. The summed E-state index contributed by atoms with van der Waals surface area (Å²) in [4.78, 5) is 12.5. The molecule has 0 saturated carbocycles. The number of carbonyl (C=O) groups is 1. The molecule has 3 aromatic rings. The van der Waals surface area contributed by atoms with Crippen molar-refractivity contribution in [1.29, 1.82) is 0 Å². The predicted molar refractivity (Wildman–Crippen MR) is 111 cm³/mol. The number of benzene rings is 2. The molecule has 1 amide bonds. The number of anilines is 1. The van der Waals surface area contributed by atoms with Crippen molar-refractivity contribution in [2.45, 2.75) is 41.0 Å². The number of nitrogens with zero attached hydrogens (tertiary/aromatic N) is 2. The summed E-state index contributed by atoms with van der Waals surface area (Å²) >= 11 is 6.14. The van der Waals surface area contributed by atoms with Gasteiger partial charge < -0.3 is 5.32 Å². The minimum atomic E-state index is -0.0826. The molecule has 5 heteroatoms. The highest BCUT2D eigenvalue weighted by molar-refractivity contribution is 6.31. The Bertz CT molecular complexity index is 1020. The molecule has 0 bridgehead atoms. The average Bonchev–Trinajstić information content (AvgIpc) is 2.89. The maximum atomic E-state index is 12.5. The molecule has 0 aliphatic carbocycles. The first-order chi connectivity index (χ1) is 12.8. The number of rotatable bonds is 4. The van der Waals surface area contributed by atoms with E-state index in [0.717, 1.165) is 28.2 Å². The molecule has 2 aromatic carbocycles. The lowest BCUT2D eigenvalue weighted by atomic mass is 10.1. The molecule has 0 aliphatic rings. The van der Waals surface area contributed by atoms with E-state index < -0.39 is 0 Å². The van der Waals surface area contributed by atoms with E-state index in [-0.39, 0.29) is 12.3 Å². The van der Waals surface area contributed by atoms with Gasteiger partial charge in [0.2, 0.25) is 5.91 Å². The van der Waals surface area contributed by atoms with Crippen LogP contribution in [0, 0.1) is 34.6 Å². The second-order valence-electron chi connectivity index (χ2n) is 7.02. The van der Waals surface area contributed by atoms with E-state index in [0.29, 0.717) is 10.7 Å². The van der Waals surface area contributed by atoms with Crippen molar-refractivity contribution in [3.63, 3.8) is 0 Å². The summed E-state index contributed by atoms with van der Waals surface area (Å²) in [6.07, 6.45) is 0.272. The molecular formula is C22H24ClN3O. The van der Waals surface area contributed by atoms with Crippen LogP contribution in [0.15, 0.2) is 36.4 Å². The average molecular weight is 382 g/mol. The van der Waals surface area contributed by atoms with Gasteiger partial charge >= 0.3 is 0 Å². The summed E-state index contributed by atoms with van der Waals surface area (Å²) in [5, 5.41) is 8.21. The van der Waals surface area contributed by atoms with E-state index in [1.807, 2.05) is 37.6 Å². The highest BCUT2D eigenvalue weighted by Crippen LogP contribution is 2.22. The first-order valence-electron chi connectivity index (χ1n) is 8.95. The minimum Gasteiger partial charge on any atom is -0.326 e. The predicted octanol–water partition coefficient (Wildman–Crippen LogP) is 5.25. The van der Waals surface area contributed by atoms with E-state index in [4.69, 9.17) is 11.6 Å². The van der Waals surface area contributed by atoms with Gasteiger partial charge in [-0.3, -0.25) is 4.79 Å². The van der Waals surface area contributed by atoms with E-state index >= 15 is 0 Å². The van der Waals surface area contributed by atoms with E-state index in [2.05, 4.69) is 42.5 Å². The molecule has 27 heavy (non-hydrogen) atoms. The van der Waals surface area contributed by atoms with Crippen molar-refractivity contribution in [3.8, 4) is 5.69 Å². The lowest BCUT2D eigenvalue weighted by molar-refractivity contribution is -0.115. The SMILES string of the molecule is Cc1ccc(-n2nc(C)c(CC(=O)Nc3ccc(C)c(Cl)c3)c2C)cc1C. The Labute approximate surface area is 165 Å². The Hall–Kier alpha value is -2.59. The molecule has 0 atom stereocenters. The fourth-order valence-electron chi connectivity index (χ4n) is 3.08. The maximum absolute atomic E-state index is 12.5. The van der Waals surface area contributed by atoms with Crippen molar-refractivity contribution in [3.05, 3.63) is 75.1 Å². The van der Waals surface area contributed by atoms with E-state index in [1.165, 1.54) is 11.1 Å². The van der Waals surface area contributed by atoms with Crippen LogP contribution < -0.4 is 5.32 Å². The number of carbonyl (C=O) groups excluding carboxylic acids is 1. The molecule has 3 rings (SSSR count). The van der Waals surface area contributed by atoms with Gasteiger partial charge in [0.1, 0.15) is 0 Å². The smallest absolute Gasteiger partial charge is 0.228 e. The molecule has 0 spiro atoms. The fourth-order valence-corrected chi connectivity index (χ4v) is 3.26. The molecule has 0 aliphatic heterocycles. The molecule has 0 saturated heterocycles. The zero-order chi connectivity index (χ0) is 19.7. The van der Waals surface area contributed by atoms with Crippen molar-refractivity contribution >= 4 is 23.2 Å². The number of nitrogens with one attached hydrogen (secondary N) is 1. The quantitative estimate of drug-likeness (QED) is 0.670. The monoisotopic (exact) mass is 381 g/mol. The van der Waals surface area contributed by atoms with Crippen LogP contribution in [0.5, 0.6) is 0 Å². The van der Waals surface area contributed by atoms with Gasteiger partial charge in [-0.1, -0.05) is 23.7 Å². The van der Waals surface area contributed by atoms with Crippen molar-refractivity contribution in [2.24, 2.45) is 0 Å². The van der Waals surface area contributed by atoms with Gasteiger partial charge in [-0.05, 0) is 75.6 Å². The first kappa shape index (κ1) is 19.2. The van der Waals surface area contributed by atoms with Crippen molar-refractivity contribution < 1.29 is 4.79 Å². The van der Waals surface area contributed by atoms with E-state index in [1.54, 1.807) is 6.07 Å². The van der Waals surface area contributed by atoms with Crippen LogP contribution in [0.3, 0.4) is 0 Å². The summed E-state index contributed by atoms with van der Waals surface area (Å²) in [6, 6.07) is 11.8. The van der Waals surface area contributed by atoms with Gasteiger partial charge in [-0.2, -0.15) is 5.10 Å². The standard InChI is InChI=1S/C22H24ClN3O/c1-13-7-9-19(10-15(13)3)26-17(5)20(16(4)25-26)12-22(27)24-18-8-6-14(2)21(23)11-18/h6-11H,12H2,1-5H3,(H,24,27). The molecule has 0 fully saturated rings. The number of hydrogen-bond acceptors (Lipinski definition) is 2. The number of amides is 1. The van der Waals surface area contributed by atoms with Gasteiger partial charge in [0, 0.05) is 22.0 Å². The molecule has 0 radical (unpaired) electrons. The molecule has 1 aromatic heterocycles. The van der Waals surface area contributed by atoms with Crippen LogP contribution in [0.25, 0.3) is 5.69 Å². The van der Waals surface area contributed by atoms with Gasteiger partial charge in [0.05, 0.1) is 17.8 Å². The maximum Gasteiger partial charge on any atom is 0.228 e. The minimum absolute atomic E-state index is 0.0826. The lowest BCUT2D eigenvalue weighted by Gasteiger charge is -2.09. The third-order valence-electron chi connectivity index (χ3n) is 4.97. The molecule has 1 N–H and O–H groups in total. The summed E-state index contributed by atoms with van der Waals surface area (Å²) in [5.74, 6) is -0.0826. The first-order valence-corrected chi connectivity index (χ1v) is 9.33. The lowest BCUT2D eigenvalue weighted by Crippen LogP contribution is -2.15. The Morgan fingerprint density at radius 1 is 1.00 bits per heavy atom. The van der Waals surface area contributed by atoms with Gasteiger partial charge in [-0.25, -0.2) is 4.68 Å². The Kier molecular flexibility index (Phi) is 5.38. The van der Waals surface area contributed by atoms with Crippen molar-refractivity contribution in [1.82, 2.24) is 9.78 Å². The highest BCUT2D eigenvalue weighted by Gasteiger charge is 2.16. The van der Waals surface area contributed by atoms with Crippen molar-refractivity contribution in [2.75, 3.05) is 5.32 Å². The zero-order valence-electron chi connectivity index (χ0n) is 16.4. The number of halogens is 1. The van der Waals surface area contributed by atoms with Crippen LogP contribution in [0.2, 0.25) is 5.02 Å². The Morgan fingerprint density at radius 2 is 1.70 bits per heavy atom. The summed E-state index contributed by atoms with van der Waals surface area (Å²) < 4.78 is 1.91. The largest absolute Gasteiger partial charge is 0.326 e. The molecule has 4 nitrogen and oxygen atoms in total. The molecule has 1 heterocycles. The Balaban J connectivity index is 1.82. The highest BCUT2D eigenvalue weighted by atomic mass is 35.5. The van der Waals surface area contributed by atoms with Crippen LogP contribution >= 0.6 is 11.6 Å². The molecular weight excluding hydrogens is 358 g/mol. The number of hydrogen-bond donors (Lipinski definition) is 1. The molecule has 0 unspecified atom stereocenters. The fraction of sp³-hybridized carbons (Fsp3) is 0.273. The number of aryl methyl sites for hydroxylation is 4. The second-order valence-corrected chi connectivity index (χ2v) is 7.43. The van der Waals surface area contributed by atoms with Crippen LogP contribution in [0.1, 0.15) is 33.6 Å². The van der Waals surface area contributed by atoms with Gasteiger partial charge in [-0.15, -0.1) is 0 Å². The van der Waals surface area contributed by atoms with Gasteiger partial charge in [0.25, 0.3) is 0 Å². The number of aromatic nitrogens is 2. The van der Waals surface area contributed by atoms with Gasteiger partial charge in [0.15, 0.2) is 0 Å². The van der Waals surface area contributed by atoms with Crippen LogP contribution in [-0.2, 0) is 11.2 Å². The molecule has 140 valence electrons. The summed E-state index contributed by atoms with van der Waals surface area (Å²) in [7, 11) is 0. The normalized spacial score (nSPS) is 10.9. The van der Waals surface area contributed by atoms with Crippen LogP contribution in [-0.4, -0.2) is 15.7 Å². The summed E-state index contributed by atoms with van der Waals surface area (Å²) in [6.45, 7) is 10.1. The third kappa shape index (κ3) is 4.06. The van der Waals surface area contributed by atoms with Crippen LogP contribution in [0.4, 0.5) is 5.69 Å². The topological polar surface area (TPSA) is 46.9 Å².